The fraction of sp³-hybridized carbons (Fsp3) is 0.0625. The van der Waals surface area contributed by atoms with Crippen LogP contribution in [0.3, 0.4) is 0 Å². The maximum atomic E-state index is 13.0. The van der Waals surface area contributed by atoms with Crippen LogP contribution >= 0.6 is 0 Å². The molecule has 0 spiro atoms. The second kappa shape index (κ2) is 5.55. The standard InChI is InChI=1S/C16H10F3N3/c17-16(18,19)15-21-13(11-7-3-1-4-8-11)20-14(22-15)12-9-5-2-6-10-12/h1-10H. The lowest BCUT2D eigenvalue weighted by Crippen LogP contribution is -2.13. The fourth-order valence-electron chi connectivity index (χ4n) is 1.94. The average Bonchev–Trinajstić information content (AvgIpc) is 2.55. The molecule has 3 aromatic rings. The Bertz CT molecular complexity index is 714. The van der Waals surface area contributed by atoms with E-state index < -0.39 is 12.0 Å². The number of halogens is 3. The quantitative estimate of drug-likeness (QED) is 0.711. The van der Waals surface area contributed by atoms with Gasteiger partial charge in [-0.15, -0.1) is 0 Å². The number of hydrogen-bond donors (Lipinski definition) is 0. The van der Waals surface area contributed by atoms with Crippen molar-refractivity contribution < 1.29 is 13.2 Å². The molecule has 0 radical (unpaired) electrons. The molecule has 0 aliphatic carbocycles. The lowest BCUT2D eigenvalue weighted by Gasteiger charge is -2.09. The number of aromatic nitrogens is 3. The molecule has 1 aromatic heterocycles. The van der Waals surface area contributed by atoms with E-state index in [1.807, 2.05) is 0 Å². The van der Waals surface area contributed by atoms with E-state index in [0.29, 0.717) is 11.1 Å². The summed E-state index contributed by atoms with van der Waals surface area (Å²) in [6, 6.07) is 17.0. The van der Waals surface area contributed by atoms with Crippen molar-refractivity contribution in [2.24, 2.45) is 0 Å². The van der Waals surface area contributed by atoms with Crippen molar-refractivity contribution in [2.45, 2.75) is 6.18 Å². The van der Waals surface area contributed by atoms with E-state index in [2.05, 4.69) is 15.0 Å². The molecule has 6 heteroatoms. The van der Waals surface area contributed by atoms with Crippen LogP contribution in [0.25, 0.3) is 22.8 Å². The van der Waals surface area contributed by atoms with Crippen molar-refractivity contribution >= 4 is 0 Å². The minimum atomic E-state index is -4.63. The minimum Gasteiger partial charge on any atom is -0.208 e. The summed E-state index contributed by atoms with van der Waals surface area (Å²) in [6.07, 6.45) is -4.63. The Morgan fingerprint density at radius 3 is 1.36 bits per heavy atom. The maximum Gasteiger partial charge on any atom is 0.451 e. The Kier molecular flexibility index (Phi) is 3.58. The largest absolute Gasteiger partial charge is 0.451 e. The lowest BCUT2D eigenvalue weighted by atomic mass is 10.2. The molecule has 3 nitrogen and oxygen atoms in total. The van der Waals surface area contributed by atoms with Gasteiger partial charge in [-0.25, -0.2) is 15.0 Å². The van der Waals surface area contributed by atoms with Crippen LogP contribution in [0.5, 0.6) is 0 Å². The van der Waals surface area contributed by atoms with Crippen molar-refractivity contribution in [3.05, 3.63) is 66.5 Å². The molecule has 22 heavy (non-hydrogen) atoms. The lowest BCUT2D eigenvalue weighted by molar-refractivity contribution is -0.144. The zero-order chi connectivity index (χ0) is 15.6. The molecular formula is C16H10F3N3. The number of hydrogen-bond acceptors (Lipinski definition) is 3. The molecule has 0 fully saturated rings. The van der Waals surface area contributed by atoms with E-state index in [1.54, 1.807) is 60.7 Å². The SMILES string of the molecule is FC(F)(F)c1nc(-c2ccccc2)nc(-c2ccccc2)n1. The topological polar surface area (TPSA) is 38.7 Å². The van der Waals surface area contributed by atoms with Gasteiger partial charge in [-0.1, -0.05) is 60.7 Å². The zero-order valence-corrected chi connectivity index (χ0v) is 11.2. The molecule has 2 aromatic carbocycles. The van der Waals surface area contributed by atoms with Gasteiger partial charge in [0.1, 0.15) is 0 Å². The molecule has 0 saturated carbocycles. The van der Waals surface area contributed by atoms with Crippen molar-refractivity contribution in [3.8, 4) is 22.8 Å². The fourth-order valence-corrected chi connectivity index (χ4v) is 1.94. The van der Waals surface area contributed by atoms with E-state index in [-0.39, 0.29) is 11.6 Å². The zero-order valence-electron chi connectivity index (χ0n) is 11.2. The van der Waals surface area contributed by atoms with E-state index in [9.17, 15) is 13.2 Å². The van der Waals surface area contributed by atoms with Gasteiger partial charge in [0.25, 0.3) is 0 Å². The van der Waals surface area contributed by atoms with Crippen molar-refractivity contribution in [1.29, 1.82) is 0 Å². The molecule has 0 bridgehead atoms. The molecule has 0 aliphatic rings. The van der Waals surface area contributed by atoms with Gasteiger partial charge in [0.15, 0.2) is 11.6 Å². The van der Waals surface area contributed by atoms with Crippen molar-refractivity contribution in [1.82, 2.24) is 15.0 Å². The van der Waals surface area contributed by atoms with Gasteiger partial charge in [0, 0.05) is 11.1 Å². The highest BCUT2D eigenvalue weighted by Gasteiger charge is 2.36. The third-order valence-corrected chi connectivity index (χ3v) is 2.95. The predicted molar refractivity (Wildman–Crippen MR) is 75.7 cm³/mol. The summed E-state index contributed by atoms with van der Waals surface area (Å²) in [5.41, 5.74) is 1.01. The third-order valence-electron chi connectivity index (χ3n) is 2.95. The van der Waals surface area contributed by atoms with E-state index in [1.165, 1.54) is 0 Å². The number of alkyl halides is 3. The highest BCUT2D eigenvalue weighted by molar-refractivity contribution is 5.60. The first-order chi connectivity index (χ1) is 10.5. The number of benzene rings is 2. The summed E-state index contributed by atoms with van der Waals surface area (Å²) >= 11 is 0. The summed E-state index contributed by atoms with van der Waals surface area (Å²) in [7, 11) is 0. The minimum absolute atomic E-state index is 0.00165. The maximum absolute atomic E-state index is 13.0. The first-order valence-electron chi connectivity index (χ1n) is 6.48. The smallest absolute Gasteiger partial charge is 0.208 e. The molecule has 1 heterocycles. The highest BCUT2D eigenvalue weighted by atomic mass is 19.4. The normalized spacial score (nSPS) is 11.4. The summed E-state index contributed by atoms with van der Waals surface area (Å²) in [5, 5.41) is 0. The number of rotatable bonds is 2. The molecule has 3 rings (SSSR count). The first-order valence-corrected chi connectivity index (χ1v) is 6.48. The molecular weight excluding hydrogens is 291 g/mol. The molecule has 0 aliphatic heterocycles. The first kappa shape index (κ1) is 14.2. The van der Waals surface area contributed by atoms with Crippen molar-refractivity contribution in [2.75, 3.05) is 0 Å². The second-order valence-corrected chi connectivity index (χ2v) is 4.54. The van der Waals surface area contributed by atoms with E-state index in [0.717, 1.165) is 0 Å². The van der Waals surface area contributed by atoms with Gasteiger partial charge >= 0.3 is 6.18 Å². The summed E-state index contributed by atoms with van der Waals surface area (Å²) in [6.45, 7) is 0. The van der Waals surface area contributed by atoms with Crippen molar-refractivity contribution in [3.63, 3.8) is 0 Å². The Hall–Kier alpha value is -2.76. The molecule has 110 valence electrons. The summed E-state index contributed by atoms with van der Waals surface area (Å²) in [4.78, 5) is 11.3. The van der Waals surface area contributed by atoms with Crippen LogP contribution in [-0.2, 0) is 6.18 Å². The van der Waals surface area contributed by atoms with Gasteiger partial charge in [0.05, 0.1) is 0 Å². The molecule has 0 atom stereocenters. The van der Waals surface area contributed by atoms with Crippen LogP contribution in [0, 0.1) is 0 Å². The van der Waals surface area contributed by atoms with Crippen LogP contribution in [0.2, 0.25) is 0 Å². The van der Waals surface area contributed by atoms with Crippen LogP contribution in [0.15, 0.2) is 60.7 Å². The van der Waals surface area contributed by atoms with E-state index >= 15 is 0 Å². The Morgan fingerprint density at radius 1 is 0.591 bits per heavy atom. The summed E-state index contributed by atoms with van der Waals surface area (Å²) < 4.78 is 39.1. The Labute approximate surface area is 124 Å². The predicted octanol–water partition coefficient (Wildman–Crippen LogP) is 4.22. The molecule has 0 saturated heterocycles. The molecule has 0 unspecified atom stereocenters. The monoisotopic (exact) mass is 301 g/mol. The van der Waals surface area contributed by atoms with Crippen LogP contribution in [-0.4, -0.2) is 15.0 Å². The Morgan fingerprint density at radius 2 is 1.00 bits per heavy atom. The molecule has 0 N–H and O–H groups in total. The van der Waals surface area contributed by atoms with Gasteiger partial charge < -0.3 is 0 Å². The number of nitrogens with zero attached hydrogens (tertiary/aromatic N) is 3. The van der Waals surface area contributed by atoms with Gasteiger partial charge in [0.2, 0.25) is 5.82 Å². The highest BCUT2D eigenvalue weighted by Crippen LogP contribution is 2.29. The van der Waals surface area contributed by atoms with Crippen LogP contribution in [0.4, 0.5) is 13.2 Å². The average molecular weight is 301 g/mol. The Balaban J connectivity index is 2.19. The second-order valence-electron chi connectivity index (χ2n) is 4.54. The van der Waals surface area contributed by atoms with Crippen LogP contribution in [0.1, 0.15) is 5.82 Å². The molecule has 0 amide bonds. The summed E-state index contributed by atoms with van der Waals surface area (Å²) in [5.74, 6) is -1.19. The van der Waals surface area contributed by atoms with Crippen LogP contribution < -0.4 is 0 Å². The van der Waals surface area contributed by atoms with Gasteiger partial charge in [-0.2, -0.15) is 13.2 Å². The van der Waals surface area contributed by atoms with E-state index in [4.69, 9.17) is 0 Å². The van der Waals surface area contributed by atoms with Gasteiger partial charge in [-0.3, -0.25) is 0 Å². The van der Waals surface area contributed by atoms with Gasteiger partial charge in [-0.05, 0) is 0 Å². The third kappa shape index (κ3) is 2.95.